The van der Waals surface area contributed by atoms with Gasteiger partial charge in [0.25, 0.3) is 11.5 Å². The number of benzene rings is 6. The molecule has 0 saturated carbocycles. The van der Waals surface area contributed by atoms with Crippen LogP contribution in [0.4, 0.5) is 5.69 Å². The number of nitrogens with one attached hydrogen (secondary N) is 1. The molecule has 5 N–H and O–H groups in total. The van der Waals surface area contributed by atoms with Gasteiger partial charge in [0.05, 0.1) is 16.5 Å². The first-order valence-corrected chi connectivity index (χ1v) is 14.8. The van der Waals surface area contributed by atoms with Gasteiger partial charge < -0.3 is 16.5 Å². The molecule has 1 aromatic heterocycles. The topological polar surface area (TPSA) is 132 Å². The van der Waals surface area contributed by atoms with E-state index in [2.05, 4.69) is 34.2 Å². The van der Waals surface area contributed by atoms with Gasteiger partial charge in [-0.25, -0.2) is 4.98 Å². The SMILES string of the molecule is C.NC(=O)c1ccccc1N.O=Cc1ccc(-c2ccccc2)cc1.O=c1[nH]c(-c2ccc(-c3ccccc3)cc2)nc2ccccc12. The van der Waals surface area contributed by atoms with Crippen LogP contribution in [0.1, 0.15) is 28.1 Å². The van der Waals surface area contributed by atoms with Gasteiger partial charge in [0, 0.05) is 16.8 Å². The zero-order valence-electron chi connectivity index (χ0n) is 25.4. The molecule has 0 spiro atoms. The molecule has 0 saturated heterocycles. The highest BCUT2D eigenvalue weighted by atomic mass is 16.1. The van der Waals surface area contributed by atoms with Crippen molar-refractivity contribution in [3.63, 3.8) is 0 Å². The molecule has 1 heterocycles. The maximum Gasteiger partial charge on any atom is 0.259 e. The summed E-state index contributed by atoms with van der Waals surface area (Å²) < 4.78 is 0. The maximum absolute atomic E-state index is 12.2. The summed E-state index contributed by atoms with van der Waals surface area (Å²) in [5.41, 5.74) is 18.0. The van der Waals surface area contributed by atoms with Crippen LogP contribution in [-0.4, -0.2) is 22.2 Å². The van der Waals surface area contributed by atoms with Crippen molar-refractivity contribution >= 4 is 28.8 Å². The van der Waals surface area contributed by atoms with Gasteiger partial charge in [-0.05, 0) is 46.5 Å². The minimum Gasteiger partial charge on any atom is -0.398 e. The third-order valence-electron chi connectivity index (χ3n) is 7.26. The molecule has 0 radical (unpaired) electrons. The van der Waals surface area contributed by atoms with Crippen LogP contribution >= 0.6 is 0 Å². The van der Waals surface area contributed by atoms with Crippen LogP contribution in [0.5, 0.6) is 0 Å². The number of fused-ring (bicyclic) bond motifs is 1. The number of aldehydes is 1. The number of nitrogens with two attached hydrogens (primary N) is 2. The quantitative estimate of drug-likeness (QED) is 0.129. The fourth-order valence-corrected chi connectivity index (χ4v) is 4.78. The van der Waals surface area contributed by atoms with E-state index in [0.717, 1.165) is 23.0 Å². The minimum atomic E-state index is -0.488. The van der Waals surface area contributed by atoms with Gasteiger partial charge in [0.2, 0.25) is 0 Å². The Morgan fingerprint density at radius 3 is 1.56 bits per heavy atom. The van der Waals surface area contributed by atoms with Crippen molar-refractivity contribution in [1.82, 2.24) is 9.97 Å². The smallest absolute Gasteiger partial charge is 0.259 e. The second-order valence-electron chi connectivity index (χ2n) is 10.4. The third kappa shape index (κ3) is 8.77. The van der Waals surface area contributed by atoms with Crippen molar-refractivity contribution in [2.75, 3.05) is 5.73 Å². The molecule has 0 aliphatic rings. The number of nitrogens with zero attached hydrogens (tertiary/aromatic N) is 1. The average molecular weight is 633 g/mol. The first kappa shape index (κ1) is 34.3. The minimum absolute atomic E-state index is 0. The third-order valence-corrected chi connectivity index (χ3v) is 7.26. The number of aromatic amines is 1. The number of rotatable bonds is 5. The van der Waals surface area contributed by atoms with Crippen LogP contribution < -0.4 is 17.0 Å². The Kier molecular flexibility index (Phi) is 11.9. The summed E-state index contributed by atoms with van der Waals surface area (Å²) in [6, 6.07) is 50.0. The molecule has 0 unspecified atom stereocenters. The molecule has 0 bridgehead atoms. The highest BCUT2D eigenvalue weighted by molar-refractivity contribution is 5.97. The largest absolute Gasteiger partial charge is 0.398 e. The van der Waals surface area contributed by atoms with Gasteiger partial charge >= 0.3 is 0 Å². The number of carbonyl (C=O) groups is 2. The standard InChI is InChI=1S/C20H14N2O.C13H10O.C7H8N2O.CH4/c23-20-17-8-4-5-9-18(17)21-19(22-20)16-12-10-15(11-13-16)14-6-2-1-3-7-14;14-10-11-6-8-13(9-7-11)12-4-2-1-3-5-12;8-6-4-2-1-3-5(6)7(9)10;/h1-13H,(H,21,22,23);1-10H;1-4H,8H2,(H2,9,10);1H4. The van der Waals surface area contributed by atoms with Crippen molar-refractivity contribution in [3.8, 4) is 33.6 Å². The van der Waals surface area contributed by atoms with Gasteiger partial charge in [-0.15, -0.1) is 0 Å². The van der Waals surface area contributed by atoms with Crippen LogP contribution in [0, 0.1) is 0 Å². The van der Waals surface area contributed by atoms with E-state index < -0.39 is 5.91 Å². The molecule has 7 heteroatoms. The number of para-hydroxylation sites is 2. The molecular weight excluding hydrogens is 596 g/mol. The Bertz CT molecular complexity index is 2140. The lowest BCUT2D eigenvalue weighted by atomic mass is 10.0. The molecule has 0 aliphatic carbocycles. The van der Waals surface area contributed by atoms with Gasteiger partial charge in [-0.3, -0.25) is 14.4 Å². The highest BCUT2D eigenvalue weighted by Crippen LogP contribution is 2.23. The summed E-state index contributed by atoms with van der Waals surface area (Å²) in [6.45, 7) is 0. The lowest BCUT2D eigenvalue weighted by Crippen LogP contribution is -2.12. The molecule has 7 nitrogen and oxygen atoms in total. The van der Waals surface area contributed by atoms with Crippen molar-refractivity contribution < 1.29 is 9.59 Å². The number of aromatic nitrogens is 2. The highest BCUT2D eigenvalue weighted by Gasteiger charge is 2.06. The van der Waals surface area contributed by atoms with E-state index in [9.17, 15) is 14.4 Å². The Labute approximate surface area is 279 Å². The molecule has 6 aromatic carbocycles. The first-order valence-electron chi connectivity index (χ1n) is 14.8. The van der Waals surface area contributed by atoms with Crippen LogP contribution in [0.2, 0.25) is 0 Å². The Balaban J connectivity index is 0.000000178. The van der Waals surface area contributed by atoms with Crippen molar-refractivity contribution in [3.05, 3.63) is 179 Å². The van der Waals surface area contributed by atoms with Gasteiger partial charge in [0.15, 0.2) is 0 Å². The maximum atomic E-state index is 12.2. The molecule has 0 atom stereocenters. The predicted molar refractivity (Wildman–Crippen MR) is 197 cm³/mol. The second-order valence-corrected chi connectivity index (χ2v) is 10.4. The molecule has 0 fully saturated rings. The van der Waals surface area contributed by atoms with Crippen molar-refractivity contribution in [1.29, 1.82) is 0 Å². The van der Waals surface area contributed by atoms with Gasteiger partial charge in [-0.1, -0.05) is 141 Å². The van der Waals surface area contributed by atoms with Crippen LogP contribution in [0.3, 0.4) is 0 Å². The number of amides is 1. The fourth-order valence-electron chi connectivity index (χ4n) is 4.78. The number of hydrogen-bond acceptors (Lipinski definition) is 5. The Morgan fingerprint density at radius 2 is 1.04 bits per heavy atom. The fraction of sp³-hybridized carbons (Fsp3) is 0.0244. The number of hydrogen-bond donors (Lipinski definition) is 3. The number of anilines is 1. The zero-order chi connectivity index (χ0) is 33.0. The molecular formula is C41H36N4O3. The summed E-state index contributed by atoms with van der Waals surface area (Å²) in [5.74, 6) is 0.103. The summed E-state index contributed by atoms with van der Waals surface area (Å²) in [6.07, 6.45) is 0.856. The summed E-state index contributed by atoms with van der Waals surface area (Å²) in [7, 11) is 0. The number of carbonyl (C=O) groups excluding carboxylic acids is 2. The van der Waals surface area contributed by atoms with Crippen molar-refractivity contribution in [2.45, 2.75) is 7.43 Å². The van der Waals surface area contributed by atoms with E-state index in [1.54, 1.807) is 30.3 Å². The zero-order valence-corrected chi connectivity index (χ0v) is 25.4. The predicted octanol–water partition coefficient (Wildman–Crippen LogP) is 8.43. The lowest BCUT2D eigenvalue weighted by molar-refractivity contribution is 0.100. The summed E-state index contributed by atoms with van der Waals surface area (Å²) >= 11 is 0. The van der Waals surface area contributed by atoms with Crippen molar-refractivity contribution in [2.24, 2.45) is 5.73 Å². The Morgan fingerprint density at radius 1 is 0.583 bits per heavy atom. The normalized spacial score (nSPS) is 9.92. The molecule has 0 aliphatic heterocycles. The molecule has 48 heavy (non-hydrogen) atoms. The first-order chi connectivity index (χ1) is 22.9. The van der Waals surface area contributed by atoms with E-state index in [-0.39, 0.29) is 13.0 Å². The van der Waals surface area contributed by atoms with E-state index in [4.69, 9.17) is 11.5 Å². The Hall–Kier alpha value is -6.60. The lowest BCUT2D eigenvalue weighted by Gasteiger charge is -2.05. The van der Waals surface area contributed by atoms with E-state index in [0.29, 0.717) is 33.5 Å². The molecule has 7 rings (SSSR count). The molecule has 238 valence electrons. The van der Waals surface area contributed by atoms with Gasteiger partial charge in [0.1, 0.15) is 12.1 Å². The van der Waals surface area contributed by atoms with Crippen LogP contribution in [0.15, 0.2) is 163 Å². The van der Waals surface area contributed by atoms with Gasteiger partial charge in [-0.2, -0.15) is 0 Å². The molecule has 1 amide bonds. The number of nitrogen functional groups attached to an aromatic ring is 1. The van der Waals surface area contributed by atoms with Crippen LogP contribution in [0.25, 0.3) is 44.5 Å². The number of primary amides is 1. The second kappa shape index (κ2) is 16.6. The monoisotopic (exact) mass is 632 g/mol. The summed E-state index contributed by atoms with van der Waals surface area (Å²) in [4.78, 5) is 40.6. The average Bonchev–Trinajstić information content (AvgIpc) is 3.13. The van der Waals surface area contributed by atoms with E-state index in [1.807, 2.05) is 103 Å². The van der Waals surface area contributed by atoms with E-state index in [1.165, 1.54) is 11.1 Å². The van der Waals surface area contributed by atoms with Crippen LogP contribution in [-0.2, 0) is 0 Å². The molecule has 7 aromatic rings. The summed E-state index contributed by atoms with van der Waals surface area (Å²) in [5, 5.41) is 0.608. The van der Waals surface area contributed by atoms with E-state index >= 15 is 0 Å². The number of H-pyrrole nitrogens is 1.